The summed E-state index contributed by atoms with van der Waals surface area (Å²) >= 11 is 0. The van der Waals surface area contributed by atoms with E-state index in [2.05, 4.69) is 10.9 Å². The first-order valence-electron chi connectivity index (χ1n) is 2.29. The molecule has 0 aliphatic carbocycles. The van der Waals surface area contributed by atoms with E-state index in [9.17, 15) is 4.79 Å². The smallest absolute Gasteiger partial charge is 0.218 e. The molecule has 0 aromatic rings. The Morgan fingerprint density at radius 3 is 2.86 bits per heavy atom. The van der Waals surface area contributed by atoms with Gasteiger partial charge in [0.15, 0.2) is 0 Å². The third-order valence-electron chi connectivity index (χ3n) is 0.977. The molecule has 39 valence electrons. The molecule has 3 heteroatoms. The molecule has 1 aliphatic rings. The van der Waals surface area contributed by atoms with Gasteiger partial charge in [-0.25, -0.2) is 5.43 Å². The zero-order chi connectivity index (χ0) is 5.11. The summed E-state index contributed by atoms with van der Waals surface area (Å²) in [5, 5.41) is 0. The largest absolute Gasteiger partial charge is 0.289 e. The molecule has 1 rings (SSSR count). The van der Waals surface area contributed by atoms with E-state index in [-0.39, 0.29) is 6.04 Å². The van der Waals surface area contributed by atoms with Crippen LogP contribution in [0.2, 0.25) is 0 Å². The highest BCUT2D eigenvalue weighted by molar-refractivity contribution is 5.58. The predicted molar refractivity (Wildman–Crippen MR) is 25.2 cm³/mol. The lowest BCUT2D eigenvalue weighted by Gasteiger charge is -1.92. The maximum Gasteiger partial charge on any atom is 0.218 e. The predicted octanol–water partition coefficient (Wildman–Crippen LogP) is -1.04. The molecule has 1 saturated heterocycles. The second kappa shape index (κ2) is 2.04. The highest BCUT2D eigenvalue weighted by Gasteiger charge is 2.11. The van der Waals surface area contributed by atoms with Gasteiger partial charge in [-0.15, -0.1) is 0 Å². The van der Waals surface area contributed by atoms with Crippen LogP contribution < -0.4 is 10.9 Å². The van der Waals surface area contributed by atoms with Crippen LogP contribution in [-0.2, 0) is 4.79 Å². The Labute approximate surface area is 42.1 Å². The molecule has 1 radical (unpaired) electrons. The molecule has 1 fully saturated rings. The molecule has 0 aromatic carbocycles. The third-order valence-corrected chi connectivity index (χ3v) is 0.977. The maximum atomic E-state index is 9.78. The molecule has 7 heavy (non-hydrogen) atoms. The highest BCUT2D eigenvalue weighted by atomic mass is 16.1. The van der Waals surface area contributed by atoms with Gasteiger partial charge < -0.3 is 0 Å². The third kappa shape index (κ3) is 0.976. The average molecular weight is 99.1 g/mol. The normalized spacial score (nSPS) is 30.6. The first-order chi connectivity index (χ1) is 3.43. The van der Waals surface area contributed by atoms with Gasteiger partial charge in [0.25, 0.3) is 0 Å². The minimum atomic E-state index is -0.0694. The van der Waals surface area contributed by atoms with Crippen LogP contribution >= 0.6 is 0 Å². The van der Waals surface area contributed by atoms with E-state index in [1.165, 1.54) is 0 Å². The monoisotopic (exact) mass is 99.1 g/mol. The fourth-order valence-corrected chi connectivity index (χ4v) is 0.572. The lowest BCUT2D eigenvalue weighted by atomic mass is 10.3. The minimum absolute atomic E-state index is 0.0694. The quantitative estimate of drug-likeness (QED) is 0.441. The van der Waals surface area contributed by atoms with Crippen LogP contribution in [0, 0.1) is 0 Å². The van der Waals surface area contributed by atoms with Crippen molar-refractivity contribution >= 4 is 6.29 Å². The summed E-state index contributed by atoms with van der Waals surface area (Å²) in [4.78, 5) is 9.78. The van der Waals surface area contributed by atoms with Gasteiger partial charge in [-0.3, -0.25) is 10.2 Å². The second-order valence-electron chi connectivity index (χ2n) is 1.53. The zero-order valence-electron chi connectivity index (χ0n) is 3.90. The van der Waals surface area contributed by atoms with Gasteiger partial charge in [-0.1, -0.05) is 0 Å². The molecule has 1 atom stereocenters. The lowest BCUT2D eigenvalue weighted by Crippen LogP contribution is -2.30. The zero-order valence-corrected chi connectivity index (χ0v) is 3.90. The van der Waals surface area contributed by atoms with Gasteiger partial charge in [0.2, 0.25) is 6.29 Å². The molecule has 3 nitrogen and oxygen atoms in total. The van der Waals surface area contributed by atoms with E-state index in [0.717, 1.165) is 13.0 Å². The van der Waals surface area contributed by atoms with Gasteiger partial charge >= 0.3 is 0 Å². The Morgan fingerprint density at radius 1 is 1.71 bits per heavy atom. The summed E-state index contributed by atoms with van der Waals surface area (Å²) < 4.78 is 0. The van der Waals surface area contributed by atoms with Crippen LogP contribution in [0.5, 0.6) is 0 Å². The number of hydrogen-bond acceptors (Lipinski definition) is 3. The molecule has 1 aliphatic heterocycles. The molecular formula is C4H7N2O. The van der Waals surface area contributed by atoms with Crippen LogP contribution in [0.3, 0.4) is 0 Å². The van der Waals surface area contributed by atoms with Crippen LogP contribution in [-0.4, -0.2) is 18.9 Å². The lowest BCUT2D eigenvalue weighted by molar-refractivity contribution is 0.526. The average Bonchev–Trinajstić information content (AvgIpc) is 2.14. The fourth-order valence-electron chi connectivity index (χ4n) is 0.572. The molecule has 1 heterocycles. The number of hydrazine groups is 1. The Morgan fingerprint density at radius 2 is 2.57 bits per heavy atom. The summed E-state index contributed by atoms with van der Waals surface area (Å²) in [5.74, 6) is 0. The maximum absolute atomic E-state index is 9.78. The van der Waals surface area contributed by atoms with E-state index < -0.39 is 0 Å². The van der Waals surface area contributed by atoms with Gasteiger partial charge in [0.05, 0.1) is 6.04 Å². The molecule has 0 amide bonds. The second-order valence-corrected chi connectivity index (χ2v) is 1.53. The van der Waals surface area contributed by atoms with E-state index >= 15 is 0 Å². The minimum Gasteiger partial charge on any atom is -0.289 e. The van der Waals surface area contributed by atoms with Gasteiger partial charge in [-0.2, -0.15) is 0 Å². The molecule has 1 unspecified atom stereocenters. The van der Waals surface area contributed by atoms with Crippen molar-refractivity contribution < 1.29 is 4.79 Å². The van der Waals surface area contributed by atoms with Crippen molar-refractivity contribution in [2.75, 3.05) is 6.54 Å². The first kappa shape index (κ1) is 4.74. The first-order valence-corrected chi connectivity index (χ1v) is 2.29. The summed E-state index contributed by atoms with van der Waals surface area (Å²) in [6.45, 7) is 0.875. The van der Waals surface area contributed by atoms with Crippen LogP contribution in [0.1, 0.15) is 6.42 Å². The standard InChI is InChI=1S/C4H7N2O/c7-3-4-1-2-5-6-4/h4-6H,1-2H2. The van der Waals surface area contributed by atoms with Crippen molar-refractivity contribution in [1.82, 2.24) is 10.9 Å². The van der Waals surface area contributed by atoms with E-state index in [1.807, 2.05) is 6.29 Å². The Kier molecular flexibility index (Phi) is 1.38. The van der Waals surface area contributed by atoms with Crippen molar-refractivity contribution in [3.8, 4) is 0 Å². The van der Waals surface area contributed by atoms with Gasteiger partial charge in [-0.05, 0) is 6.42 Å². The highest BCUT2D eigenvalue weighted by Crippen LogP contribution is 1.88. The summed E-state index contributed by atoms with van der Waals surface area (Å²) in [5.41, 5.74) is 5.54. The molecule has 0 aromatic heterocycles. The summed E-state index contributed by atoms with van der Waals surface area (Å²) in [6.07, 6.45) is 2.70. The van der Waals surface area contributed by atoms with E-state index in [1.54, 1.807) is 0 Å². The topological polar surface area (TPSA) is 41.1 Å². The van der Waals surface area contributed by atoms with Crippen LogP contribution in [0.25, 0.3) is 0 Å². The number of nitrogens with one attached hydrogen (secondary N) is 2. The number of rotatable bonds is 1. The van der Waals surface area contributed by atoms with Gasteiger partial charge in [0.1, 0.15) is 0 Å². The van der Waals surface area contributed by atoms with Crippen molar-refractivity contribution in [2.24, 2.45) is 0 Å². The van der Waals surface area contributed by atoms with Crippen LogP contribution in [0.15, 0.2) is 0 Å². The van der Waals surface area contributed by atoms with E-state index in [4.69, 9.17) is 0 Å². The fraction of sp³-hybridized carbons (Fsp3) is 0.750. The van der Waals surface area contributed by atoms with Gasteiger partial charge in [0, 0.05) is 6.54 Å². The van der Waals surface area contributed by atoms with Crippen LogP contribution in [0.4, 0.5) is 0 Å². The van der Waals surface area contributed by atoms with Crippen molar-refractivity contribution in [3.05, 3.63) is 0 Å². The van der Waals surface area contributed by atoms with Crippen molar-refractivity contribution in [3.63, 3.8) is 0 Å². The molecule has 0 spiro atoms. The molecule has 0 bridgehead atoms. The Bertz CT molecular complexity index is 68.1. The Balaban J connectivity index is 2.26. The molecule has 2 N–H and O–H groups in total. The van der Waals surface area contributed by atoms with Crippen molar-refractivity contribution in [1.29, 1.82) is 0 Å². The van der Waals surface area contributed by atoms with Crippen molar-refractivity contribution in [2.45, 2.75) is 12.5 Å². The molecular weight excluding hydrogens is 92.1 g/mol. The summed E-state index contributed by atoms with van der Waals surface area (Å²) in [6, 6.07) is -0.0694. The number of hydrogen-bond donors (Lipinski definition) is 2. The number of carbonyl (C=O) groups excluding carboxylic acids is 1. The molecule has 0 saturated carbocycles. The summed E-state index contributed by atoms with van der Waals surface area (Å²) in [7, 11) is 0. The Hall–Kier alpha value is -0.410. The van der Waals surface area contributed by atoms with E-state index in [0.29, 0.717) is 0 Å². The SMILES string of the molecule is O=[C]C1CCNN1.